The molecule has 1 aromatic heterocycles. The Bertz CT molecular complexity index is 346. The summed E-state index contributed by atoms with van der Waals surface area (Å²) in [5, 5.41) is 10.2. The number of aromatic nitrogens is 3. The van der Waals surface area contributed by atoms with Crippen LogP contribution in [0.5, 0.6) is 0 Å². The first-order valence-electron chi connectivity index (χ1n) is 6.37. The van der Waals surface area contributed by atoms with E-state index in [1.54, 1.807) is 11.0 Å². The highest BCUT2D eigenvalue weighted by atomic mass is 16.1. The lowest BCUT2D eigenvalue weighted by Crippen LogP contribution is -2.46. The van der Waals surface area contributed by atoms with E-state index in [0.717, 1.165) is 39.3 Å². The molecule has 1 aliphatic rings. The van der Waals surface area contributed by atoms with Gasteiger partial charge in [-0.3, -0.25) is 14.4 Å². The molecule has 2 heterocycles. The van der Waals surface area contributed by atoms with Crippen molar-refractivity contribution in [2.45, 2.75) is 13.0 Å². The van der Waals surface area contributed by atoms with Gasteiger partial charge in [0.25, 0.3) is 0 Å². The van der Waals surface area contributed by atoms with Crippen LogP contribution in [0.25, 0.3) is 0 Å². The molecule has 0 saturated carbocycles. The number of carbonyl (C=O) groups excluding carboxylic acids is 1. The van der Waals surface area contributed by atoms with Crippen molar-refractivity contribution >= 4 is 5.91 Å². The van der Waals surface area contributed by atoms with Gasteiger partial charge in [0.15, 0.2) is 0 Å². The Morgan fingerprint density at radius 2 is 2.17 bits per heavy atom. The Balaban J connectivity index is 1.54. The smallest absolute Gasteiger partial charge is 0.221 e. The van der Waals surface area contributed by atoms with Crippen LogP contribution in [0.15, 0.2) is 12.7 Å². The van der Waals surface area contributed by atoms with E-state index in [0.29, 0.717) is 13.0 Å². The zero-order valence-electron chi connectivity index (χ0n) is 10.5. The first kappa shape index (κ1) is 13.0. The molecule has 7 heteroatoms. The molecule has 100 valence electrons. The molecule has 0 unspecified atom stereocenters. The second kappa shape index (κ2) is 7.07. The largest absolute Gasteiger partial charge is 0.355 e. The molecule has 2 rings (SSSR count). The van der Waals surface area contributed by atoms with Crippen LogP contribution in [-0.4, -0.2) is 64.8 Å². The van der Waals surface area contributed by atoms with Gasteiger partial charge in [-0.05, 0) is 0 Å². The normalized spacial score (nSPS) is 16.7. The maximum Gasteiger partial charge on any atom is 0.221 e. The van der Waals surface area contributed by atoms with Gasteiger partial charge in [0.2, 0.25) is 5.91 Å². The monoisotopic (exact) mass is 252 g/mol. The standard InChI is InChI=1S/C11H20N6O/c18-11(1-5-17-10-13-9-15-17)14-4-8-16-6-2-12-3-7-16/h9-10,12H,1-8H2,(H,14,18). The van der Waals surface area contributed by atoms with E-state index in [-0.39, 0.29) is 5.91 Å². The molecule has 0 aromatic carbocycles. The van der Waals surface area contributed by atoms with Gasteiger partial charge in [0, 0.05) is 45.7 Å². The predicted molar refractivity (Wildman–Crippen MR) is 67.0 cm³/mol. The van der Waals surface area contributed by atoms with Crippen molar-refractivity contribution in [3.63, 3.8) is 0 Å². The zero-order chi connectivity index (χ0) is 12.6. The maximum absolute atomic E-state index is 11.6. The second-order valence-corrected chi connectivity index (χ2v) is 4.35. The summed E-state index contributed by atoms with van der Waals surface area (Å²) in [7, 11) is 0. The highest BCUT2D eigenvalue weighted by Gasteiger charge is 2.09. The molecule has 0 spiro atoms. The SMILES string of the molecule is O=C(CCn1cncn1)NCCN1CCNCC1. The lowest BCUT2D eigenvalue weighted by molar-refractivity contribution is -0.121. The molecule has 18 heavy (non-hydrogen) atoms. The van der Waals surface area contributed by atoms with Gasteiger partial charge >= 0.3 is 0 Å². The van der Waals surface area contributed by atoms with Gasteiger partial charge in [0.1, 0.15) is 12.7 Å². The van der Waals surface area contributed by atoms with Crippen molar-refractivity contribution in [3.8, 4) is 0 Å². The number of aryl methyl sites for hydroxylation is 1. The molecule has 0 atom stereocenters. The third-order valence-electron chi connectivity index (χ3n) is 2.99. The molecular weight excluding hydrogens is 232 g/mol. The number of nitrogens with zero attached hydrogens (tertiary/aromatic N) is 4. The average Bonchev–Trinajstić information content (AvgIpc) is 2.91. The van der Waals surface area contributed by atoms with Gasteiger partial charge in [-0.15, -0.1) is 0 Å². The van der Waals surface area contributed by atoms with Crippen LogP contribution in [0.2, 0.25) is 0 Å². The quantitative estimate of drug-likeness (QED) is 0.657. The molecule has 2 N–H and O–H groups in total. The minimum absolute atomic E-state index is 0.0700. The van der Waals surface area contributed by atoms with Crippen molar-refractivity contribution < 1.29 is 4.79 Å². The molecule has 0 aliphatic carbocycles. The van der Waals surface area contributed by atoms with Gasteiger partial charge in [-0.25, -0.2) is 4.98 Å². The number of carbonyl (C=O) groups is 1. The third kappa shape index (κ3) is 4.42. The summed E-state index contributed by atoms with van der Waals surface area (Å²) < 4.78 is 1.66. The van der Waals surface area contributed by atoms with Gasteiger partial charge < -0.3 is 10.6 Å². The number of hydrogen-bond donors (Lipinski definition) is 2. The Morgan fingerprint density at radius 3 is 2.89 bits per heavy atom. The summed E-state index contributed by atoms with van der Waals surface area (Å²) in [5.41, 5.74) is 0. The third-order valence-corrected chi connectivity index (χ3v) is 2.99. The summed E-state index contributed by atoms with van der Waals surface area (Å²) >= 11 is 0. The van der Waals surface area contributed by atoms with Crippen LogP contribution in [0.1, 0.15) is 6.42 Å². The van der Waals surface area contributed by atoms with E-state index in [2.05, 4.69) is 25.6 Å². The lowest BCUT2D eigenvalue weighted by Gasteiger charge is -2.27. The maximum atomic E-state index is 11.6. The molecule has 1 fully saturated rings. The fourth-order valence-electron chi connectivity index (χ4n) is 1.94. The Labute approximate surface area is 107 Å². The number of rotatable bonds is 6. The first-order valence-corrected chi connectivity index (χ1v) is 6.37. The Kier molecular flexibility index (Phi) is 5.10. The van der Waals surface area contributed by atoms with Crippen LogP contribution < -0.4 is 10.6 Å². The van der Waals surface area contributed by atoms with Crippen LogP contribution in [0.3, 0.4) is 0 Å². The van der Waals surface area contributed by atoms with E-state index in [4.69, 9.17) is 0 Å². The van der Waals surface area contributed by atoms with E-state index in [1.165, 1.54) is 6.33 Å². The summed E-state index contributed by atoms with van der Waals surface area (Å²) in [6.45, 7) is 6.44. The number of hydrogen-bond acceptors (Lipinski definition) is 5. The summed E-state index contributed by atoms with van der Waals surface area (Å²) in [6, 6.07) is 0. The molecular formula is C11H20N6O. The van der Waals surface area contributed by atoms with Crippen LogP contribution in [0, 0.1) is 0 Å². The summed E-state index contributed by atoms with van der Waals surface area (Å²) in [5.74, 6) is 0.0700. The van der Waals surface area contributed by atoms with Crippen molar-refractivity contribution in [1.82, 2.24) is 30.3 Å². The fourth-order valence-corrected chi connectivity index (χ4v) is 1.94. The first-order chi connectivity index (χ1) is 8.84. The van der Waals surface area contributed by atoms with E-state index in [9.17, 15) is 4.79 Å². The topological polar surface area (TPSA) is 75.1 Å². The zero-order valence-corrected chi connectivity index (χ0v) is 10.5. The van der Waals surface area contributed by atoms with E-state index < -0.39 is 0 Å². The van der Waals surface area contributed by atoms with E-state index >= 15 is 0 Å². The second-order valence-electron chi connectivity index (χ2n) is 4.35. The van der Waals surface area contributed by atoms with Crippen LogP contribution >= 0.6 is 0 Å². The number of amides is 1. The number of nitrogens with one attached hydrogen (secondary N) is 2. The fraction of sp³-hybridized carbons (Fsp3) is 0.727. The Hall–Kier alpha value is -1.47. The molecule has 0 bridgehead atoms. The average molecular weight is 252 g/mol. The van der Waals surface area contributed by atoms with Crippen molar-refractivity contribution in [2.75, 3.05) is 39.3 Å². The van der Waals surface area contributed by atoms with Crippen LogP contribution in [-0.2, 0) is 11.3 Å². The van der Waals surface area contributed by atoms with Gasteiger partial charge in [-0.1, -0.05) is 0 Å². The molecule has 1 amide bonds. The minimum atomic E-state index is 0.0700. The van der Waals surface area contributed by atoms with Crippen molar-refractivity contribution in [3.05, 3.63) is 12.7 Å². The number of piperazine rings is 1. The summed E-state index contributed by atoms with van der Waals surface area (Å²) in [4.78, 5) is 17.8. The molecule has 7 nitrogen and oxygen atoms in total. The molecule has 0 radical (unpaired) electrons. The summed E-state index contributed by atoms with van der Waals surface area (Å²) in [6.07, 6.45) is 3.54. The highest BCUT2D eigenvalue weighted by Crippen LogP contribution is 1.91. The lowest BCUT2D eigenvalue weighted by atomic mass is 10.3. The minimum Gasteiger partial charge on any atom is -0.355 e. The van der Waals surface area contributed by atoms with Crippen molar-refractivity contribution in [1.29, 1.82) is 0 Å². The Morgan fingerprint density at radius 1 is 1.33 bits per heavy atom. The molecule has 1 aliphatic heterocycles. The van der Waals surface area contributed by atoms with Gasteiger partial charge in [-0.2, -0.15) is 5.10 Å². The van der Waals surface area contributed by atoms with Crippen LogP contribution in [0.4, 0.5) is 0 Å². The predicted octanol–water partition coefficient (Wildman–Crippen LogP) is -1.31. The van der Waals surface area contributed by atoms with Gasteiger partial charge in [0.05, 0.1) is 6.54 Å². The van der Waals surface area contributed by atoms with E-state index in [1.807, 2.05) is 0 Å². The molecule has 1 saturated heterocycles. The van der Waals surface area contributed by atoms with Crippen molar-refractivity contribution in [2.24, 2.45) is 0 Å². The molecule has 1 aromatic rings. The highest BCUT2D eigenvalue weighted by molar-refractivity contribution is 5.75.